The Hall–Kier alpha value is -1.85. The average Bonchev–Trinajstić information content (AvgIpc) is 3.54. The molecule has 0 radical (unpaired) electrons. The van der Waals surface area contributed by atoms with Crippen LogP contribution in [0.2, 0.25) is 0 Å². The largest absolute Gasteiger partial charge is 0.462 e. The molecule has 4 aliphatic carbocycles. The number of ether oxygens (including phenoxy) is 1. The molecule has 2 aromatic rings. The van der Waals surface area contributed by atoms with Gasteiger partial charge in [-0.15, -0.1) is 0 Å². The molecular formula is C39H60N2O3. The molecule has 4 aliphatic rings. The van der Waals surface area contributed by atoms with Gasteiger partial charge in [0, 0.05) is 41.9 Å². The second kappa shape index (κ2) is 12.4. The van der Waals surface area contributed by atoms with Gasteiger partial charge in [0.25, 0.3) is 0 Å². The van der Waals surface area contributed by atoms with E-state index in [9.17, 15) is 9.90 Å². The molecule has 4 saturated carbocycles. The lowest BCUT2D eigenvalue weighted by molar-refractivity contribution is -0.237. The van der Waals surface area contributed by atoms with Crippen molar-refractivity contribution < 1.29 is 14.6 Å². The highest BCUT2D eigenvalue weighted by Gasteiger charge is 2.67. The van der Waals surface area contributed by atoms with E-state index in [0.29, 0.717) is 23.7 Å². The molecule has 0 bridgehead atoms. The summed E-state index contributed by atoms with van der Waals surface area (Å²) in [5.74, 6) is 4.09. The number of aromatic nitrogens is 1. The number of carbonyl (C=O) groups is 1. The standard InChI is InChI=1S/C39H60N2O3/c1-25(2)10-9-11-26(3)32-14-15-33-31-22-36(40-21-18-28-24-41-35-13-8-7-12-30(28)35)39(43)23-29(44-27(4)42)16-20-38(39,6)34(31)17-19-37(32,33)5/h7-8,12-13,24-26,29,31-34,36,40-41,43H,9-11,14-23H2,1-6H3/t26-,29?,31+,32-,33+,34+,36?,37-,38-,39?/m1/s1. The molecule has 1 heterocycles. The highest BCUT2D eigenvalue weighted by Crippen LogP contribution is 2.69. The van der Waals surface area contributed by atoms with E-state index in [1.807, 2.05) is 0 Å². The van der Waals surface area contributed by atoms with Gasteiger partial charge >= 0.3 is 5.97 Å². The molecular weight excluding hydrogens is 544 g/mol. The predicted molar refractivity (Wildman–Crippen MR) is 179 cm³/mol. The van der Waals surface area contributed by atoms with Gasteiger partial charge in [0.05, 0.1) is 5.60 Å². The molecule has 3 N–H and O–H groups in total. The van der Waals surface area contributed by atoms with E-state index in [-0.39, 0.29) is 23.5 Å². The molecule has 5 heteroatoms. The Kier molecular flexibility index (Phi) is 9.05. The summed E-state index contributed by atoms with van der Waals surface area (Å²) in [7, 11) is 0. The molecule has 0 amide bonds. The summed E-state index contributed by atoms with van der Waals surface area (Å²) in [4.78, 5) is 15.4. The maximum absolute atomic E-state index is 12.9. The quantitative estimate of drug-likeness (QED) is 0.238. The lowest BCUT2D eigenvalue weighted by Gasteiger charge is -2.66. The first-order valence-corrected chi connectivity index (χ1v) is 18.1. The fourth-order valence-electron chi connectivity index (χ4n) is 11.6. The highest BCUT2D eigenvalue weighted by molar-refractivity contribution is 5.83. The summed E-state index contributed by atoms with van der Waals surface area (Å²) in [5, 5.41) is 18.1. The Morgan fingerprint density at radius 1 is 1.07 bits per heavy atom. The average molecular weight is 605 g/mol. The number of aromatic amines is 1. The Labute approximate surface area is 266 Å². The molecule has 44 heavy (non-hydrogen) atoms. The summed E-state index contributed by atoms with van der Waals surface area (Å²) in [6.07, 6.45) is 15.6. The van der Waals surface area contributed by atoms with Crippen molar-refractivity contribution in [3.05, 3.63) is 36.0 Å². The summed E-state index contributed by atoms with van der Waals surface area (Å²) in [6, 6.07) is 8.53. The second-order valence-corrected chi connectivity index (χ2v) is 16.6. The van der Waals surface area contributed by atoms with E-state index in [1.165, 1.54) is 68.3 Å². The van der Waals surface area contributed by atoms with Crippen LogP contribution < -0.4 is 5.32 Å². The van der Waals surface area contributed by atoms with Gasteiger partial charge in [-0.25, -0.2) is 0 Å². The third-order valence-corrected chi connectivity index (χ3v) is 13.8. The Bertz CT molecular complexity index is 1300. The Morgan fingerprint density at radius 3 is 2.64 bits per heavy atom. The first-order chi connectivity index (χ1) is 21.0. The van der Waals surface area contributed by atoms with Crippen molar-refractivity contribution in [1.82, 2.24) is 10.3 Å². The molecule has 0 saturated heterocycles. The third kappa shape index (κ3) is 5.57. The highest BCUT2D eigenvalue weighted by atomic mass is 16.5. The number of benzene rings is 1. The molecule has 1 aromatic heterocycles. The number of fused-ring (bicyclic) bond motifs is 6. The van der Waals surface area contributed by atoms with Gasteiger partial charge < -0.3 is 20.1 Å². The zero-order chi connectivity index (χ0) is 31.3. The molecule has 1 aromatic carbocycles. The van der Waals surface area contributed by atoms with Gasteiger partial charge in [0.2, 0.25) is 0 Å². The van der Waals surface area contributed by atoms with Crippen LogP contribution in [0.3, 0.4) is 0 Å². The number of hydrogen-bond donors (Lipinski definition) is 3. The molecule has 3 unspecified atom stereocenters. The maximum Gasteiger partial charge on any atom is 0.302 e. The van der Waals surface area contributed by atoms with Crippen molar-refractivity contribution in [1.29, 1.82) is 0 Å². The molecule has 244 valence electrons. The fraction of sp³-hybridized carbons (Fsp3) is 0.769. The first kappa shape index (κ1) is 32.1. The maximum atomic E-state index is 12.9. The molecule has 6 rings (SSSR count). The minimum atomic E-state index is -0.886. The van der Waals surface area contributed by atoms with Crippen molar-refractivity contribution in [3.63, 3.8) is 0 Å². The first-order valence-electron chi connectivity index (χ1n) is 18.1. The van der Waals surface area contributed by atoms with Crippen molar-refractivity contribution >= 4 is 16.9 Å². The molecule has 4 fully saturated rings. The lowest BCUT2D eigenvalue weighted by Crippen LogP contribution is -2.71. The monoisotopic (exact) mass is 604 g/mol. The number of hydrogen-bond acceptors (Lipinski definition) is 4. The van der Waals surface area contributed by atoms with Crippen molar-refractivity contribution in [2.75, 3.05) is 6.54 Å². The van der Waals surface area contributed by atoms with Gasteiger partial charge in [0.1, 0.15) is 6.10 Å². The number of carbonyl (C=O) groups excluding carboxylic acids is 1. The van der Waals surface area contributed by atoms with E-state index in [1.54, 1.807) is 0 Å². The van der Waals surface area contributed by atoms with Crippen LogP contribution in [0, 0.1) is 46.3 Å². The predicted octanol–water partition coefficient (Wildman–Crippen LogP) is 8.45. The van der Waals surface area contributed by atoms with Gasteiger partial charge in [-0.1, -0.05) is 72.1 Å². The van der Waals surface area contributed by atoms with Crippen LogP contribution in [0.4, 0.5) is 0 Å². The van der Waals surface area contributed by atoms with Crippen LogP contribution in [0.25, 0.3) is 10.9 Å². The number of nitrogens with one attached hydrogen (secondary N) is 2. The normalized spacial score (nSPS) is 39.1. The van der Waals surface area contributed by atoms with Gasteiger partial charge in [0.15, 0.2) is 0 Å². The third-order valence-electron chi connectivity index (χ3n) is 13.8. The Balaban J connectivity index is 1.24. The van der Waals surface area contributed by atoms with Crippen LogP contribution >= 0.6 is 0 Å². The molecule has 5 nitrogen and oxygen atoms in total. The van der Waals surface area contributed by atoms with Crippen molar-refractivity contribution in [2.24, 2.45) is 46.3 Å². The summed E-state index contributed by atoms with van der Waals surface area (Å²) < 4.78 is 5.79. The number of H-pyrrole nitrogens is 1. The van der Waals surface area contributed by atoms with Crippen LogP contribution in [-0.2, 0) is 16.0 Å². The minimum Gasteiger partial charge on any atom is -0.462 e. The zero-order valence-electron chi connectivity index (χ0n) is 28.5. The SMILES string of the molecule is CC(=O)OC1CC[C@]2(C)[C@H]3CC[C@]4(C)[C@@H]([C@H](C)CCCC(C)C)CC[C@H]4[C@@H]3CC(NCCc3c[nH]c4ccccc34)C2(O)C1. The van der Waals surface area contributed by atoms with Crippen molar-refractivity contribution in [2.45, 2.75) is 136 Å². The number of aliphatic hydroxyl groups is 1. The molecule has 10 atom stereocenters. The molecule has 0 spiro atoms. The van der Waals surface area contributed by atoms with E-state index < -0.39 is 5.60 Å². The Morgan fingerprint density at radius 2 is 1.86 bits per heavy atom. The summed E-state index contributed by atoms with van der Waals surface area (Å²) in [5.41, 5.74) is 1.86. The topological polar surface area (TPSA) is 74.3 Å². The van der Waals surface area contributed by atoms with E-state index in [0.717, 1.165) is 55.9 Å². The number of para-hydroxylation sites is 1. The van der Waals surface area contributed by atoms with Crippen LogP contribution in [0.5, 0.6) is 0 Å². The summed E-state index contributed by atoms with van der Waals surface area (Å²) >= 11 is 0. The summed E-state index contributed by atoms with van der Waals surface area (Å²) in [6.45, 7) is 14.7. The lowest BCUT2D eigenvalue weighted by atomic mass is 9.42. The smallest absolute Gasteiger partial charge is 0.302 e. The molecule has 0 aliphatic heterocycles. The van der Waals surface area contributed by atoms with Crippen LogP contribution in [0.15, 0.2) is 30.5 Å². The second-order valence-electron chi connectivity index (χ2n) is 16.6. The zero-order valence-corrected chi connectivity index (χ0v) is 28.5. The van der Waals surface area contributed by atoms with E-state index in [4.69, 9.17) is 4.74 Å². The van der Waals surface area contributed by atoms with E-state index in [2.05, 4.69) is 75.4 Å². The van der Waals surface area contributed by atoms with Gasteiger partial charge in [-0.3, -0.25) is 4.79 Å². The van der Waals surface area contributed by atoms with Crippen molar-refractivity contribution in [3.8, 4) is 0 Å². The number of rotatable bonds is 10. The van der Waals surface area contributed by atoms with Gasteiger partial charge in [-0.2, -0.15) is 0 Å². The van der Waals surface area contributed by atoms with Gasteiger partial charge in [-0.05, 0) is 110 Å². The fourth-order valence-corrected chi connectivity index (χ4v) is 11.6. The van der Waals surface area contributed by atoms with Crippen LogP contribution in [0.1, 0.15) is 118 Å². The number of esters is 1. The van der Waals surface area contributed by atoms with Crippen LogP contribution in [-0.4, -0.2) is 40.4 Å². The minimum absolute atomic E-state index is 0.00202. The van der Waals surface area contributed by atoms with E-state index >= 15 is 0 Å².